The van der Waals surface area contributed by atoms with Crippen LogP contribution in [-0.2, 0) is 11.3 Å². The van der Waals surface area contributed by atoms with E-state index in [0.717, 1.165) is 20.8 Å². The van der Waals surface area contributed by atoms with Gasteiger partial charge in [0.2, 0.25) is 0 Å². The first-order valence-electron chi connectivity index (χ1n) is 8.70. The Morgan fingerprint density at radius 1 is 1.18 bits per heavy atom. The number of nitrogens with zero attached hydrogens (tertiary/aromatic N) is 3. The molecule has 0 saturated carbocycles. The zero-order valence-corrected chi connectivity index (χ0v) is 14.9. The summed E-state index contributed by atoms with van der Waals surface area (Å²) < 4.78 is 12.6. The van der Waals surface area contributed by atoms with Crippen LogP contribution in [0.25, 0.3) is 11.0 Å². The molecule has 1 fully saturated rings. The molecule has 1 aliphatic heterocycles. The van der Waals surface area contributed by atoms with Crippen molar-refractivity contribution in [1.29, 1.82) is 0 Å². The molecule has 0 bridgehead atoms. The topological polar surface area (TPSA) is 140 Å². The van der Waals surface area contributed by atoms with Gasteiger partial charge in [0.15, 0.2) is 11.8 Å². The summed E-state index contributed by atoms with van der Waals surface area (Å²) in [7, 11) is 0. The monoisotopic (exact) mass is 389 g/mol. The lowest BCUT2D eigenvalue weighted by Crippen LogP contribution is -2.43. The summed E-state index contributed by atoms with van der Waals surface area (Å²) in [4.78, 5) is 25.2. The van der Waals surface area contributed by atoms with E-state index in [1.807, 2.05) is 19.1 Å². The molecule has 10 nitrogen and oxygen atoms in total. The second-order valence-corrected chi connectivity index (χ2v) is 6.79. The van der Waals surface area contributed by atoms with Gasteiger partial charge in [0.1, 0.15) is 24.0 Å². The lowest BCUT2D eigenvalue weighted by Gasteiger charge is -2.18. The minimum atomic E-state index is -1.43. The highest BCUT2D eigenvalue weighted by atomic mass is 16.6. The van der Waals surface area contributed by atoms with Crippen LogP contribution in [0.15, 0.2) is 44.6 Å². The molecule has 10 heteroatoms. The van der Waals surface area contributed by atoms with Crippen LogP contribution < -0.4 is 11.2 Å². The highest BCUT2D eigenvalue weighted by Crippen LogP contribution is 2.28. The molecule has 0 spiro atoms. The Balaban J connectivity index is 1.74. The second kappa shape index (κ2) is 6.99. The summed E-state index contributed by atoms with van der Waals surface area (Å²) in [6.07, 6.45) is -3.87. The average molecular weight is 389 g/mol. The van der Waals surface area contributed by atoms with Gasteiger partial charge in [-0.05, 0) is 19.1 Å². The lowest BCUT2D eigenvalue weighted by atomic mass is 10.1. The first-order chi connectivity index (χ1) is 13.4. The van der Waals surface area contributed by atoms with Crippen LogP contribution in [0.1, 0.15) is 17.5 Å². The summed E-state index contributed by atoms with van der Waals surface area (Å²) in [5.41, 5.74) is 0.620. The molecule has 148 valence electrons. The third-order valence-electron chi connectivity index (χ3n) is 4.89. The van der Waals surface area contributed by atoms with Crippen molar-refractivity contribution < 1.29 is 24.6 Å². The van der Waals surface area contributed by atoms with E-state index < -0.39 is 42.4 Å². The number of hydrogen-bond acceptors (Lipinski definition) is 8. The van der Waals surface area contributed by atoms with Crippen LogP contribution in [-0.4, -0.2) is 54.5 Å². The number of fused-ring (bicyclic) bond motifs is 1. The van der Waals surface area contributed by atoms with Crippen LogP contribution >= 0.6 is 0 Å². The fourth-order valence-corrected chi connectivity index (χ4v) is 3.35. The van der Waals surface area contributed by atoms with Crippen LogP contribution in [0.2, 0.25) is 0 Å². The van der Waals surface area contributed by atoms with E-state index in [0.29, 0.717) is 16.7 Å². The first kappa shape index (κ1) is 18.6. The fourth-order valence-electron chi connectivity index (χ4n) is 3.35. The summed E-state index contributed by atoms with van der Waals surface area (Å²) in [6.45, 7) is 1.25. The highest BCUT2D eigenvalue weighted by Gasteiger charge is 2.43. The van der Waals surface area contributed by atoms with Gasteiger partial charge in [-0.1, -0.05) is 16.8 Å². The minimum Gasteiger partial charge on any atom is -0.394 e. The van der Waals surface area contributed by atoms with Gasteiger partial charge in [-0.3, -0.25) is 13.9 Å². The molecule has 3 N–H and O–H groups in total. The van der Waals surface area contributed by atoms with Gasteiger partial charge >= 0.3 is 5.69 Å². The Morgan fingerprint density at radius 3 is 2.68 bits per heavy atom. The average Bonchev–Trinajstić information content (AvgIpc) is 3.20. The number of aliphatic hydroxyl groups is 3. The molecule has 4 atom stereocenters. The molecular formula is C18H19N3O7. The van der Waals surface area contributed by atoms with Crippen molar-refractivity contribution in [3.05, 3.63) is 62.6 Å². The predicted octanol–water partition coefficient (Wildman–Crippen LogP) is -0.881. The van der Waals surface area contributed by atoms with Crippen molar-refractivity contribution in [3.8, 4) is 0 Å². The maximum atomic E-state index is 12.9. The molecule has 2 aromatic heterocycles. The van der Waals surface area contributed by atoms with E-state index in [4.69, 9.17) is 9.26 Å². The zero-order valence-electron chi connectivity index (χ0n) is 14.9. The molecule has 3 heterocycles. The Morgan fingerprint density at radius 2 is 1.96 bits per heavy atom. The van der Waals surface area contributed by atoms with E-state index in [1.165, 1.54) is 6.20 Å². The Bertz CT molecular complexity index is 1130. The van der Waals surface area contributed by atoms with Crippen molar-refractivity contribution in [2.45, 2.75) is 38.0 Å². The molecule has 1 aromatic carbocycles. The molecule has 0 radical (unpaired) electrons. The smallest absolute Gasteiger partial charge is 0.333 e. The third kappa shape index (κ3) is 2.96. The van der Waals surface area contributed by atoms with Crippen LogP contribution in [0.3, 0.4) is 0 Å². The van der Waals surface area contributed by atoms with Crippen LogP contribution in [0.5, 0.6) is 0 Å². The molecule has 3 aromatic rings. The number of rotatable bonds is 4. The van der Waals surface area contributed by atoms with E-state index >= 15 is 0 Å². The number of aliphatic hydroxyl groups excluding tert-OH is 3. The number of benzene rings is 1. The van der Waals surface area contributed by atoms with Gasteiger partial charge in [-0.15, -0.1) is 0 Å². The SMILES string of the molecule is Cc1ccc2onc(Cn3c(=O)ccn([C@@H]4O[C@H](CO)[C@H](O)C4O)c3=O)c2c1. The highest BCUT2D eigenvalue weighted by molar-refractivity contribution is 5.80. The molecule has 0 amide bonds. The van der Waals surface area contributed by atoms with Gasteiger partial charge in [0, 0.05) is 17.6 Å². The molecule has 1 saturated heterocycles. The number of ether oxygens (including phenoxy) is 1. The van der Waals surface area contributed by atoms with E-state index in [2.05, 4.69) is 5.16 Å². The van der Waals surface area contributed by atoms with Crippen molar-refractivity contribution in [3.63, 3.8) is 0 Å². The molecule has 28 heavy (non-hydrogen) atoms. The van der Waals surface area contributed by atoms with E-state index in [1.54, 1.807) is 6.07 Å². The number of aryl methyl sites for hydroxylation is 1. The molecular weight excluding hydrogens is 370 g/mol. The van der Waals surface area contributed by atoms with Crippen LogP contribution in [0.4, 0.5) is 0 Å². The maximum Gasteiger partial charge on any atom is 0.333 e. The first-order valence-corrected chi connectivity index (χ1v) is 8.70. The van der Waals surface area contributed by atoms with Crippen molar-refractivity contribution in [1.82, 2.24) is 14.3 Å². The Kier molecular flexibility index (Phi) is 4.63. The normalized spacial score (nSPS) is 24.9. The molecule has 0 aliphatic carbocycles. The second-order valence-electron chi connectivity index (χ2n) is 6.79. The summed E-state index contributed by atoms with van der Waals surface area (Å²) in [5.74, 6) is 0. The summed E-state index contributed by atoms with van der Waals surface area (Å²) >= 11 is 0. The van der Waals surface area contributed by atoms with Gasteiger partial charge in [0.05, 0.1) is 13.2 Å². The van der Waals surface area contributed by atoms with Crippen molar-refractivity contribution in [2.75, 3.05) is 6.61 Å². The van der Waals surface area contributed by atoms with Crippen molar-refractivity contribution >= 4 is 11.0 Å². The van der Waals surface area contributed by atoms with E-state index in [9.17, 15) is 24.9 Å². The molecule has 1 unspecified atom stereocenters. The van der Waals surface area contributed by atoms with Gasteiger partial charge in [-0.2, -0.15) is 0 Å². The number of aromatic nitrogens is 3. The predicted molar refractivity (Wildman–Crippen MR) is 95.8 cm³/mol. The standard InChI is InChI=1S/C18H19N3O7/c1-9-2-3-12-10(6-9)11(19-28-12)7-21-14(23)4-5-20(18(21)26)17-16(25)15(24)13(8-22)27-17/h2-6,13,15-17,22,24-25H,7-8H2,1H3/t13-,15+,16?,17-/m1/s1. The maximum absolute atomic E-state index is 12.9. The quantitative estimate of drug-likeness (QED) is 0.523. The molecule has 4 rings (SSSR count). The van der Waals surface area contributed by atoms with Gasteiger partial charge in [0.25, 0.3) is 5.56 Å². The number of hydrogen-bond donors (Lipinski definition) is 3. The summed E-state index contributed by atoms with van der Waals surface area (Å²) in [6, 6.07) is 6.62. The van der Waals surface area contributed by atoms with Gasteiger partial charge in [-0.25, -0.2) is 4.79 Å². The van der Waals surface area contributed by atoms with Crippen molar-refractivity contribution in [2.24, 2.45) is 0 Å². The lowest BCUT2D eigenvalue weighted by molar-refractivity contribution is -0.0555. The van der Waals surface area contributed by atoms with E-state index in [-0.39, 0.29) is 6.54 Å². The summed E-state index contributed by atoms with van der Waals surface area (Å²) in [5, 5.41) is 33.9. The fraction of sp³-hybridized carbons (Fsp3) is 0.389. The molecule has 1 aliphatic rings. The largest absolute Gasteiger partial charge is 0.394 e. The van der Waals surface area contributed by atoms with Gasteiger partial charge < -0.3 is 24.6 Å². The Hall–Kier alpha value is -2.79. The van der Waals surface area contributed by atoms with Crippen LogP contribution in [0, 0.1) is 6.92 Å². The third-order valence-corrected chi connectivity index (χ3v) is 4.89. The minimum absolute atomic E-state index is 0.135. The zero-order chi connectivity index (χ0) is 20.0. The Labute approximate surface area is 157 Å².